The molecule has 0 bridgehead atoms. The molecule has 1 aliphatic carbocycles. The van der Waals surface area contributed by atoms with Crippen LogP contribution in [0.1, 0.15) is 25.7 Å². The lowest BCUT2D eigenvalue weighted by atomic mass is 9.94. The van der Waals surface area contributed by atoms with E-state index >= 15 is 0 Å². The van der Waals surface area contributed by atoms with E-state index in [9.17, 15) is 0 Å². The number of alkyl halides is 1. The second-order valence-corrected chi connectivity index (χ2v) is 6.46. The lowest BCUT2D eigenvalue weighted by Crippen LogP contribution is -2.41. The van der Waals surface area contributed by atoms with Crippen LogP contribution in [0.4, 0.5) is 5.82 Å². The third-order valence-corrected chi connectivity index (χ3v) is 4.82. The Balaban J connectivity index is 2.20. The summed E-state index contributed by atoms with van der Waals surface area (Å²) < 4.78 is 0. The largest absolute Gasteiger partial charge is 0.354 e. The predicted molar refractivity (Wildman–Crippen MR) is 77.6 cm³/mol. The van der Waals surface area contributed by atoms with Crippen molar-refractivity contribution in [2.75, 3.05) is 11.9 Å². The normalized spacial score (nSPS) is 24.7. The van der Waals surface area contributed by atoms with Crippen molar-refractivity contribution in [3.63, 3.8) is 0 Å². The van der Waals surface area contributed by atoms with E-state index in [-0.39, 0.29) is 0 Å². The van der Waals surface area contributed by atoms with E-state index in [1.807, 2.05) is 7.05 Å². The number of hydrogen-bond donors (Lipinski definition) is 0. The number of pyridine rings is 1. The van der Waals surface area contributed by atoms with Crippen LogP contribution < -0.4 is 4.90 Å². The van der Waals surface area contributed by atoms with Crippen molar-refractivity contribution in [3.05, 3.63) is 22.3 Å². The molecule has 17 heavy (non-hydrogen) atoms. The van der Waals surface area contributed by atoms with Crippen molar-refractivity contribution >= 4 is 44.9 Å². The van der Waals surface area contributed by atoms with Crippen molar-refractivity contribution in [3.8, 4) is 0 Å². The smallest absolute Gasteiger partial charge is 0.147 e. The first kappa shape index (κ1) is 13.4. The van der Waals surface area contributed by atoms with Gasteiger partial charge < -0.3 is 4.90 Å². The molecule has 0 amide bonds. The Kier molecular flexibility index (Phi) is 4.56. The topological polar surface area (TPSA) is 16.1 Å². The first-order valence-corrected chi connectivity index (χ1v) is 7.44. The molecule has 0 N–H and O–H groups in total. The van der Waals surface area contributed by atoms with Crippen LogP contribution in [0.5, 0.6) is 0 Å². The standard InChI is InChI=1S/C12H15BrCl2N2/c1-17(11-5-3-2-4-9(11)13)12-10(15)6-8(14)7-16-12/h6-7,9,11H,2-5H2,1H3. The molecular weight excluding hydrogens is 323 g/mol. The van der Waals surface area contributed by atoms with E-state index in [4.69, 9.17) is 23.2 Å². The molecule has 94 valence electrons. The third kappa shape index (κ3) is 3.07. The van der Waals surface area contributed by atoms with Crippen LogP contribution in [0.15, 0.2) is 12.3 Å². The van der Waals surface area contributed by atoms with Crippen molar-refractivity contribution in [2.24, 2.45) is 0 Å². The molecular formula is C12H15BrCl2N2. The average Bonchev–Trinajstić information content (AvgIpc) is 2.29. The van der Waals surface area contributed by atoms with Gasteiger partial charge in [0.15, 0.2) is 0 Å². The van der Waals surface area contributed by atoms with E-state index in [1.54, 1.807) is 12.3 Å². The fraction of sp³-hybridized carbons (Fsp3) is 0.583. The molecule has 1 aliphatic rings. The number of aromatic nitrogens is 1. The number of nitrogens with zero attached hydrogens (tertiary/aromatic N) is 2. The Morgan fingerprint density at radius 3 is 2.71 bits per heavy atom. The molecule has 1 aromatic heterocycles. The molecule has 5 heteroatoms. The molecule has 0 aromatic carbocycles. The van der Waals surface area contributed by atoms with Gasteiger partial charge in [-0.3, -0.25) is 0 Å². The lowest BCUT2D eigenvalue weighted by molar-refractivity contribution is 0.442. The Hall–Kier alpha value is 0.01000. The van der Waals surface area contributed by atoms with Gasteiger partial charge in [-0.1, -0.05) is 52.0 Å². The SMILES string of the molecule is CN(c1ncc(Cl)cc1Cl)C1CCCCC1Br. The van der Waals surface area contributed by atoms with Crippen LogP contribution in [-0.4, -0.2) is 22.9 Å². The molecule has 0 spiro atoms. The van der Waals surface area contributed by atoms with Gasteiger partial charge in [0.1, 0.15) is 5.82 Å². The van der Waals surface area contributed by atoms with E-state index < -0.39 is 0 Å². The van der Waals surface area contributed by atoms with Gasteiger partial charge >= 0.3 is 0 Å². The fourth-order valence-electron chi connectivity index (χ4n) is 2.33. The minimum absolute atomic E-state index is 0.454. The van der Waals surface area contributed by atoms with Crippen LogP contribution in [0.3, 0.4) is 0 Å². The second kappa shape index (κ2) is 5.77. The van der Waals surface area contributed by atoms with E-state index in [0.717, 1.165) is 5.82 Å². The van der Waals surface area contributed by atoms with Crippen LogP contribution in [0, 0.1) is 0 Å². The Morgan fingerprint density at radius 1 is 1.35 bits per heavy atom. The van der Waals surface area contributed by atoms with Gasteiger partial charge in [0.25, 0.3) is 0 Å². The molecule has 1 aromatic rings. The molecule has 2 rings (SSSR count). The Labute approximate surface area is 120 Å². The molecule has 1 saturated carbocycles. The molecule has 1 heterocycles. The summed E-state index contributed by atoms with van der Waals surface area (Å²) in [7, 11) is 2.05. The quantitative estimate of drug-likeness (QED) is 0.737. The zero-order chi connectivity index (χ0) is 12.4. The van der Waals surface area contributed by atoms with Gasteiger partial charge in [-0.25, -0.2) is 4.98 Å². The summed E-state index contributed by atoms with van der Waals surface area (Å²) in [6.45, 7) is 0. The average molecular weight is 338 g/mol. The maximum absolute atomic E-state index is 6.19. The molecule has 0 radical (unpaired) electrons. The second-order valence-electron chi connectivity index (χ2n) is 4.44. The van der Waals surface area contributed by atoms with Gasteiger partial charge in [-0.2, -0.15) is 0 Å². The Bertz CT molecular complexity index is 400. The summed E-state index contributed by atoms with van der Waals surface area (Å²) in [6, 6.07) is 2.20. The number of anilines is 1. The molecule has 0 aliphatic heterocycles. The van der Waals surface area contributed by atoms with Crippen molar-refractivity contribution in [1.82, 2.24) is 4.98 Å². The lowest BCUT2D eigenvalue weighted by Gasteiger charge is -2.36. The number of hydrogen-bond acceptors (Lipinski definition) is 2. The monoisotopic (exact) mass is 336 g/mol. The minimum Gasteiger partial charge on any atom is -0.354 e. The van der Waals surface area contributed by atoms with Gasteiger partial charge in [-0.15, -0.1) is 0 Å². The highest BCUT2D eigenvalue weighted by atomic mass is 79.9. The van der Waals surface area contributed by atoms with Gasteiger partial charge in [0.05, 0.1) is 10.0 Å². The third-order valence-electron chi connectivity index (χ3n) is 3.27. The maximum atomic E-state index is 6.19. The molecule has 1 fully saturated rings. The van der Waals surface area contributed by atoms with Crippen LogP contribution in [0.25, 0.3) is 0 Å². The molecule has 0 saturated heterocycles. The summed E-state index contributed by atoms with van der Waals surface area (Å²) >= 11 is 15.8. The first-order chi connectivity index (χ1) is 8.09. The first-order valence-electron chi connectivity index (χ1n) is 5.77. The van der Waals surface area contributed by atoms with Crippen LogP contribution >= 0.6 is 39.1 Å². The zero-order valence-corrected chi connectivity index (χ0v) is 12.8. The molecule has 2 atom stereocenters. The minimum atomic E-state index is 0.454. The summed E-state index contributed by atoms with van der Waals surface area (Å²) in [5, 5.41) is 1.19. The number of halogens is 3. The van der Waals surface area contributed by atoms with Crippen LogP contribution in [0.2, 0.25) is 10.0 Å². The maximum Gasteiger partial charge on any atom is 0.147 e. The summed E-state index contributed by atoms with van der Waals surface area (Å²) in [5.74, 6) is 0.812. The van der Waals surface area contributed by atoms with E-state index in [0.29, 0.717) is 20.9 Å². The van der Waals surface area contributed by atoms with Crippen molar-refractivity contribution in [1.29, 1.82) is 0 Å². The number of rotatable bonds is 2. The molecule has 2 nitrogen and oxygen atoms in total. The van der Waals surface area contributed by atoms with Gasteiger partial charge in [0, 0.05) is 24.1 Å². The van der Waals surface area contributed by atoms with Gasteiger partial charge in [-0.05, 0) is 18.9 Å². The summed E-state index contributed by atoms with van der Waals surface area (Å²) in [6.07, 6.45) is 6.59. The summed E-state index contributed by atoms with van der Waals surface area (Å²) in [5.41, 5.74) is 0. The zero-order valence-electron chi connectivity index (χ0n) is 9.67. The van der Waals surface area contributed by atoms with Crippen molar-refractivity contribution < 1.29 is 0 Å². The Morgan fingerprint density at radius 2 is 2.06 bits per heavy atom. The van der Waals surface area contributed by atoms with Gasteiger partial charge in [0.2, 0.25) is 0 Å². The van der Waals surface area contributed by atoms with E-state index in [1.165, 1.54) is 25.7 Å². The summed E-state index contributed by atoms with van der Waals surface area (Å²) in [4.78, 5) is 7.00. The van der Waals surface area contributed by atoms with Crippen molar-refractivity contribution in [2.45, 2.75) is 36.6 Å². The highest BCUT2D eigenvalue weighted by molar-refractivity contribution is 9.09. The van der Waals surface area contributed by atoms with E-state index in [2.05, 4.69) is 25.8 Å². The highest BCUT2D eigenvalue weighted by Crippen LogP contribution is 2.33. The van der Waals surface area contributed by atoms with Crippen LogP contribution in [-0.2, 0) is 0 Å². The highest BCUT2D eigenvalue weighted by Gasteiger charge is 2.28. The molecule has 2 unspecified atom stereocenters. The fourth-order valence-corrected chi connectivity index (χ4v) is 3.78. The predicted octanol–water partition coefficient (Wildman–Crippen LogP) is 4.53.